The van der Waals surface area contributed by atoms with Crippen molar-refractivity contribution < 1.29 is 4.79 Å². The van der Waals surface area contributed by atoms with Crippen molar-refractivity contribution in [2.24, 2.45) is 7.05 Å². The second kappa shape index (κ2) is 4.20. The first-order valence-electron chi connectivity index (χ1n) is 5.62. The second-order valence-corrected chi connectivity index (χ2v) is 4.42. The quantitative estimate of drug-likeness (QED) is 0.791. The van der Waals surface area contributed by atoms with Crippen molar-refractivity contribution >= 4 is 16.9 Å². The van der Waals surface area contributed by atoms with E-state index in [9.17, 15) is 4.79 Å². The van der Waals surface area contributed by atoms with Gasteiger partial charge < -0.3 is 9.47 Å². The Bertz CT molecular complexity index is 571. The molecule has 0 fully saturated rings. The van der Waals surface area contributed by atoms with Crippen molar-refractivity contribution in [3.05, 3.63) is 29.6 Å². The summed E-state index contributed by atoms with van der Waals surface area (Å²) in [5.74, 6) is 1.07. The van der Waals surface area contributed by atoms with Crippen LogP contribution in [-0.4, -0.2) is 27.4 Å². The minimum absolute atomic E-state index is 0.0716. The highest BCUT2D eigenvalue weighted by Crippen LogP contribution is 2.17. The number of nitrogens with zero attached hydrogens (tertiary/aromatic N) is 3. The fourth-order valence-electron chi connectivity index (χ4n) is 1.85. The Morgan fingerprint density at radius 3 is 2.82 bits per heavy atom. The van der Waals surface area contributed by atoms with Gasteiger partial charge in [-0.1, -0.05) is 6.07 Å². The molecule has 0 radical (unpaired) electrons. The van der Waals surface area contributed by atoms with Gasteiger partial charge in [0.25, 0.3) is 0 Å². The minimum atomic E-state index is 0.0716. The molecule has 2 aromatic rings. The van der Waals surface area contributed by atoms with E-state index < -0.39 is 0 Å². The average molecular weight is 231 g/mol. The molecule has 4 nitrogen and oxygen atoms in total. The largest absolute Gasteiger partial charge is 0.342 e. The summed E-state index contributed by atoms with van der Waals surface area (Å²) in [5, 5.41) is 0. The van der Waals surface area contributed by atoms with Crippen LogP contribution in [0.15, 0.2) is 18.2 Å². The van der Waals surface area contributed by atoms with Gasteiger partial charge in [-0.15, -0.1) is 0 Å². The van der Waals surface area contributed by atoms with Crippen molar-refractivity contribution in [3.8, 4) is 0 Å². The van der Waals surface area contributed by atoms with Crippen molar-refractivity contribution in [2.45, 2.75) is 20.4 Å². The van der Waals surface area contributed by atoms with E-state index in [1.54, 1.807) is 18.9 Å². The zero-order valence-corrected chi connectivity index (χ0v) is 10.7. The Hall–Kier alpha value is -1.84. The van der Waals surface area contributed by atoms with E-state index >= 15 is 0 Å². The van der Waals surface area contributed by atoms with Gasteiger partial charge in [-0.25, -0.2) is 4.98 Å². The van der Waals surface area contributed by atoms with Crippen LogP contribution in [0.5, 0.6) is 0 Å². The van der Waals surface area contributed by atoms with Crippen molar-refractivity contribution in [1.29, 1.82) is 0 Å². The van der Waals surface area contributed by atoms with Gasteiger partial charge in [-0.2, -0.15) is 0 Å². The van der Waals surface area contributed by atoms with Gasteiger partial charge in [0.15, 0.2) is 0 Å². The Morgan fingerprint density at radius 1 is 1.47 bits per heavy atom. The number of carbonyl (C=O) groups excluding carboxylic acids is 1. The highest BCUT2D eigenvalue weighted by Gasteiger charge is 2.07. The maximum absolute atomic E-state index is 11.2. The molecule has 1 heterocycles. The smallest absolute Gasteiger partial charge is 0.219 e. The van der Waals surface area contributed by atoms with E-state index in [1.807, 2.05) is 26.1 Å². The summed E-state index contributed by atoms with van der Waals surface area (Å²) in [7, 11) is 3.81. The van der Waals surface area contributed by atoms with Gasteiger partial charge in [-0.3, -0.25) is 4.79 Å². The summed E-state index contributed by atoms with van der Waals surface area (Å²) >= 11 is 0. The predicted octanol–water partition coefficient (Wildman–Crippen LogP) is 1.86. The Kier molecular flexibility index (Phi) is 2.88. The molecule has 0 aliphatic rings. The lowest BCUT2D eigenvalue weighted by atomic mass is 10.2. The lowest BCUT2D eigenvalue weighted by Gasteiger charge is -2.14. The topological polar surface area (TPSA) is 38.1 Å². The minimum Gasteiger partial charge on any atom is -0.342 e. The highest BCUT2D eigenvalue weighted by atomic mass is 16.2. The number of amides is 1. The third-order valence-corrected chi connectivity index (χ3v) is 3.13. The van der Waals surface area contributed by atoms with Gasteiger partial charge in [0.05, 0.1) is 11.0 Å². The van der Waals surface area contributed by atoms with Crippen LogP contribution in [0.1, 0.15) is 18.3 Å². The monoisotopic (exact) mass is 231 g/mol. The molecule has 0 bridgehead atoms. The van der Waals surface area contributed by atoms with Gasteiger partial charge in [0, 0.05) is 27.6 Å². The molecule has 1 aromatic heterocycles. The Balaban J connectivity index is 2.35. The van der Waals surface area contributed by atoms with Crippen LogP contribution < -0.4 is 0 Å². The molecular formula is C13H17N3O. The predicted molar refractivity (Wildman–Crippen MR) is 67.6 cm³/mol. The van der Waals surface area contributed by atoms with Gasteiger partial charge in [0.2, 0.25) is 5.91 Å². The highest BCUT2D eigenvalue weighted by molar-refractivity contribution is 5.77. The molecule has 0 spiro atoms. The number of aromatic nitrogens is 2. The number of imidazole rings is 1. The summed E-state index contributed by atoms with van der Waals surface area (Å²) in [6, 6.07) is 6.14. The molecule has 4 heteroatoms. The van der Waals surface area contributed by atoms with Crippen LogP contribution in [0.3, 0.4) is 0 Å². The Morgan fingerprint density at radius 2 is 2.18 bits per heavy atom. The van der Waals surface area contributed by atoms with E-state index in [1.165, 1.54) is 0 Å². The fourth-order valence-corrected chi connectivity index (χ4v) is 1.85. The molecule has 0 aliphatic heterocycles. The molecule has 17 heavy (non-hydrogen) atoms. The molecule has 0 unspecified atom stereocenters. The molecule has 1 aromatic carbocycles. The van der Waals surface area contributed by atoms with E-state index in [4.69, 9.17) is 0 Å². The van der Waals surface area contributed by atoms with Crippen molar-refractivity contribution in [1.82, 2.24) is 14.5 Å². The first-order chi connectivity index (χ1) is 7.99. The second-order valence-electron chi connectivity index (χ2n) is 4.42. The number of hydrogen-bond donors (Lipinski definition) is 0. The number of fused-ring (bicyclic) bond motifs is 1. The number of benzene rings is 1. The molecule has 0 aliphatic carbocycles. The van der Waals surface area contributed by atoms with Crippen molar-refractivity contribution in [2.75, 3.05) is 7.05 Å². The summed E-state index contributed by atoms with van der Waals surface area (Å²) < 4.78 is 2.06. The fraction of sp³-hybridized carbons (Fsp3) is 0.385. The Labute approximate surface area is 101 Å². The number of aryl methyl sites for hydroxylation is 2. The zero-order chi connectivity index (χ0) is 12.6. The van der Waals surface area contributed by atoms with Crippen LogP contribution in [-0.2, 0) is 18.4 Å². The van der Waals surface area contributed by atoms with Gasteiger partial charge in [0.1, 0.15) is 5.82 Å². The lowest BCUT2D eigenvalue weighted by molar-refractivity contribution is -0.128. The van der Waals surface area contributed by atoms with Gasteiger partial charge in [-0.05, 0) is 24.6 Å². The summed E-state index contributed by atoms with van der Waals surface area (Å²) in [6.45, 7) is 4.19. The van der Waals surface area contributed by atoms with Crippen LogP contribution in [0.4, 0.5) is 0 Å². The zero-order valence-electron chi connectivity index (χ0n) is 10.7. The van der Waals surface area contributed by atoms with E-state index in [0.29, 0.717) is 6.54 Å². The van der Waals surface area contributed by atoms with Crippen molar-refractivity contribution in [3.63, 3.8) is 0 Å². The molecule has 0 atom stereocenters. The van der Waals surface area contributed by atoms with Crippen LogP contribution >= 0.6 is 0 Å². The normalized spacial score (nSPS) is 10.8. The number of rotatable bonds is 2. The van der Waals surface area contributed by atoms with E-state index in [-0.39, 0.29) is 5.91 Å². The molecule has 2 rings (SSSR count). The van der Waals surface area contributed by atoms with Crippen LogP contribution in [0.25, 0.3) is 11.0 Å². The van der Waals surface area contributed by atoms with Gasteiger partial charge >= 0.3 is 0 Å². The number of hydrogen-bond acceptors (Lipinski definition) is 2. The molecule has 90 valence electrons. The molecule has 0 N–H and O–H groups in total. The lowest BCUT2D eigenvalue weighted by Crippen LogP contribution is -2.22. The SMILES string of the molecule is CC(=O)N(C)Cc1ccc2c(c1)nc(C)n2C. The average Bonchev–Trinajstić information content (AvgIpc) is 2.54. The maximum Gasteiger partial charge on any atom is 0.219 e. The summed E-state index contributed by atoms with van der Waals surface area (Å²) in [4.78, 5) is 17.4. The number of carbonyl (C=O) groups is 1. The third kappa shape index (κ3) is 2.16. The maximum atomic E-state index is 11.2. The first-order valence-corrected chi connectivity index (χ1v) is 5.62. The molecule has 1 amide bonds. The first kappa shape index (κ1) is 11.6. The van der Waals surface area contributed by atoms with E-state index in [0.717, 1.165) is 22.4 Å². The summed E-state index contributed by atoms with van der Waals surface area (Å²) in [6.07, 6.45) is 0. The molecule has 0 saturated carbocycles. The standard InChI is InChI=1S/C13H17N3O/c1-9-14-12-7-11(8-15(3)10(2)17)5-6-13(12)16(9)4/h5-7H,8H2,1-4H3. The summed E-state index contributed by atoms with van der Waals surface area (Å²) in [5.41, 5.74) is 3.21. The van der Waals surface area contributed by atoms with E-state index in [2.05, 4.69) is 15.6 Å². The molecular weight excluding hydrogens is 214 g/mol. The molecule has 0 saturated heterocycles. The third-order valence-electron chi connectivity index (χ3n) is 3.13. The van der Waals surface area contributed by atoms with Crippen LogP contribution in [0.2, 0.25) is 0 Å². The van der Waals surface area contributed by atoms with Crippen LogP contribution in [0, 0.1) is 6.92 Å².